The van der Waals surface area contributed by atoms with E-state index in [1.165, 1.54) is 23.9 Å². The van der Waals surface area contributed by atoms with Crippen LogP contribution >= 0.6 is 11.6 Å². The smallest absolute Gasteiger partial charge is 0.338 e. The van der Waals surface area contributed by atoms with Crippen LogP contribution in [0.4, 0.5) is 0 Å². The number of halogens is 1. The number of carbonyl (C=O) groups excluding carboxylic acids is 2. The van der Waals surface area contributed by atoms with E-state index < -0.39 is 11.6 Å². The number of benzene rings is 2. The zero-order chi connectivity index (χ0) is 29.4. The predicted molar refractivity (Wildman–Crippen MR) is 157 cm³/mol. The second kappa shape index (κ2) is 14.1. The molecular weight excluding hydrogens is 542 g/mol. The SMILES string of the molecule is CCC(C(=O)Cc1ccc(C(=O)OCCC2CCNCC2)cc1)n1cc(OC)c(-c2cc(Cl)ccc2C#N)cc1=O. The largest absolute Gasteiger partial charge is 0.495 e. The molecule has 0 bridgehead atoms. The van der Waals surface area contributed by atoms with Crippen molar-refractivity contribution in [2.45, 2.75) is 45.1 Å². The van der Waals surface area contributed by atoms with Gasteiger partial charge in [0.25, 0.3) is 5.56 Å². The highest BCUT2D eigenvalue weighted by Gasteiger charge is 2.23. The van der Waals surface area contributed by atoms with Crippen LogP contribution < -0.4 is 15.6 Å². The summed E-state index contributed by atoms with van der Waals surface area (Å²) in [5.41, 5.74) is 2.02. The number of rotatable bonds is 11. The van der Waals surface area contributed by atoms with E-state index in [9.17, 15) is 19.6 Å². The lowest BCUT2D eigenvalue weighted by Crippen LogP contribution is -2.30. The van der Waals surface area contributed by atoms with Gasteiger partial charge in [0.15, 0.2) is 5.78 Å². The summed E-state index contributed by atoms with van der Waals surface area (Å²) in [5, 5.41) is 13.3. The number of piperidine rings is 1. The van der Waals surface area contributed by atoms with Crippen LogP contribution in [0, 0.1) is 17.2 Å². The van der Waals surface area contributed by atoms with Crippen LogP contribution in [0.3, 0.4) is 0 Å². The zero-order valence-corrected chi connectivity index (χ0v) is 24.1. The molecule has 1 aromatic heterocycles. The van der Waals surface area contributed by atoms with Gasteiger partial charge in [-0.25, -0.2) is 4.79 Å². The van der Waals surface area contributed by atoms with Gasteiger partial charge in [-0.05, 0) is 80.6 Å². The molecule has 4 rings (SSSR count). The number of pyridine rings is 1. The van der Waals surface area contributed by atoms with Gasteiger partial charge in [0.1, 0.15) is 5.75 Å². The number of Topliss-reactive ketones (excluding diaryl/α,β-unsaturated/α-hetero) is 1. The van der Waals surface area contributed by atoms with E-state index in [1.54, 1.807) is 42.5 Å². The Morgan fingerprint density at radius 3 is 2.51 bits per heavy atom. The van der Waals surface area contributed by atoms with Crippen LogP contribution in [-0.4, -0.2) is 43.1 Å². The minimum atomic E-state index is -0.722. The molecule has 0 aliphatic carbocycles. The van der Waals surface area contributed by atoms with Crippen molar-refractivity contribution < 1.29 is 19.1 Å². The Hall–Kier alpha value is -3.93. The lowest BCUT2D eigenvalue weighted by molar-refractivity contribution is -0.121. The van der Waals surface area contributed by atoms with Gasteiger partial charge in [0, 0.05) is 28.6 Å². The van der Waals surface area contributed by atoms with Crippen molar-refractivity contribution in [1.29, 1.82) is 5.26 Å². The first-order valence-corrected chi connectivity index (χ1v) is 14.2. The Morgan fingerprint density at radius 1 is 1.12 bits per heavy atom. The lowest BCUT2D eigenvalue weighted by atomic mass is 9.95. The highest BCUT2D eigenvalue weighted by Crippen LogP contribution is 2.33. The van der Waals surface area contributed by atoms with Gasteiger partial charge in [0.2, 0.25) is 0 Å². The van der Waals surface area contributed by atoms with Crippen molar-refractivity contribution in [2.24, 2.45) is 5.92 Å². The number of esters is 1. The third-order valence-corrected chi connectivity index (χ3v) is 7.77. The van der Waals surface area contributed by atoms with Crippen LogP contribution in [0.1, 0.15) is 60.1 Å². The van der Waals surface area contributed by atoms with Crippen LogP contribution in [0.15, 0.2) is 59.5 Å². The predicted octanol–water partition coefficient (Wildman–Crippen LogP) is 5.36. The highest BCUT2D eigenvalue weighted by molar-refractivity contribution is 6.31. The molecule has 0 spiro atoms. The number of nitrogens with zero attached hydrogens (tertiary/aromatic N) is 2. The third-order valence-electron chi connectivity index (χ3n) is 7.54. The number of methoxy groups -OCH3 is 1. The average Bonchev–Trinajstić information content (AvgIpc) is 2.99. The summed E-state index contributed by atoms with van der Waals surface area (Å²) in [6, 6.07) is 14.4. The standard InChI is InChI=1S/C32H34ClN3O5/c1-3-28(36-20-30(40-2)27(18-31(36)38)26-17-25(33)9-8-24(26)19-34)29(37)16-22-4-6-23(7-5-22)32(39)41-15-12-21-10-13-35-14-11-21/h4-9,17-18,20-21,28,35H,3,10-16H2,1-2H3. The fourth-order valence-corrected chi connectivity index (χ4v) is 5.38. The van der Waals surface area contributed by atoms with Gasteiger partial charge < -0.3 is 19.4 Å². The van der Waals surface area contributed by atoms with E-state index in [0.717, 1.165) is 37.9 Å². The molecule has 3 aromatic rings. The molecule has 2 heterocycles. The van der Waals surface area contributed by atoms with E-state index >= 15 is 0 Å². The third kappa shape index (κ3) is 7.43. The molecule has 1 unspecified atom stereocenters. The summed E-state index contributed by atoms with van der Waals surface area (Å²) < 4.78 is 12.4. The Morgan fingerprint density at radius 2 is 1.85 bits per heavy atom. The molecule has 1 aliphatic rings. The number of nitrogens with one attached hydrogen (secondary N) is 1. The summed E-state index contributed by atoms with van der Waals surface area (Å²) >= 11 is 6.15. The number of hydrogen-bond donors (Lipinski definition) is 1. The van der Waals surface area contributed by atoms with Crippen molar-refractivity contribution in [3.8, 4) is 22.9 Å². The Kier molecular flexibility index (Phi) is 10.3. The maximum absolute atomic E-state index is 13.3. The summed E-state index contributed by atoms with van der Waals surface area (Å²) in [4.78, 5) is 39.0. The van der Waals surface area contributed by atoms with Crippen molar-refractivity contribution in [3.63, 3.8) is 0 Å². The normalized spacial score (nSPS) is 14.2. The maximum Gasteiger partial charge on any atom is 0.338 e. The molecule has 1 saturated heterocycles. The molecule has 0 amide bonds. The number of hydrogen-bond acceptors (Lipinski definition) is 7. The van der Waals surface area contributed by atoms with Crippen LogP contribution in [0.5, 0.6) is 5.75 Å². The minimum absolute atomic E-state index is 0.0902. The van der Waals surface area contributed by atoms with Gasteiger partial charge >= 0.3 is 5.97 Å². The summed E-state index contributed by atoms with van der Waals surface area (Å²) in [6.45, 7) is 4.26. The molecule has 41 heavy (non-hydrogen) atoms. The van der Waals surface area contributed by atoms with Crippen molar-refractivity contribution >= 4 is 23.4 Å². The monoisotopic (exact) mass is 575 g/mol. The second-order valence-corrected chi connectivity index (χ2v) is 10.6. The molecule has 1 aliphatic heterocycles. The molecule has 9 heteroatoms. The second-order valence-electron chi connectivity index (χ2n) is 10.2. The Bertz CT molecular complexity index is 1490. The number of ketones is 1. The molecule has 2 aromatic carbocycles. The van der Waals surface area contributed by atoms with Gasteiger partial charge in [0.05, 0.1) is 43.2 Å². The fourth-order valence-electron chi connectivity index (χ4n) is 5.21. The molecule has 1 atom stereocenters. The topological polar surface area (TPSA) is 110 Å². The Balaban J connectivity index is 1.45. The van der Waals surface area contributed by atoms with E-state index in [2.05, 4.69) is 11.4 Å². The minimum Gasteiger partial charge on any atom is -0.495 e. The average molecular weight is 576 g/mol. The molecule has 8 nitrogen and oxygen atoms in total. The van der Waals surface area contributed by atoms with Gasteiger partial charge in [-0.15, -0.1) is 0 Å². The highest BCUT2D eigenvalue weighted by atomic mass is 35.5. The molecule has 1 N–H and O–H groups in total. The maximum atomic E-state index is 13.3. The van der Waals surface area contributed by atoms with Crippen molar-refractivity contribution in [2.75, 3.05) is 26.8 Å². The first-order valence-electron chi connectivity index (χ1n) is 13.8. The first kappa shape index (κ1) is 30.0. The van der Waals surface area contributed by atoms with Crippen molar-refractivity contribution in [3.05, 3.63) is 86.8 Å². The molecule has 214 valence electrons. The molecule has 0 saturated carbocycles. The quantitative estimate of drug-likeness (QED) is 0.306. The van der Waals surface area contributed by atoms with Gasteiger partial charge in [-0.1, -0.05) is 30.7 Å². The van der Waals surface area contributed by atoms with Crippen LogP contribution in [0.2, 0.25) is 5.02 Å². The van der Waals surface area contributed by atoms with E-state index in [-0.39, 0.29) is 18.2 Å². The number of carbonyl (C=O) groups is 2. The van der Waals surface area contributed by atoms with Gasteiger partial charge in [-0.3, -0.25) is 9.59 Å². The van der Waals surface area contributed by atoms with Crippen molar-refractivity contribution in [1.82, 2.24) is 9.88 Å². The summed E-state index contributed by atoms with van der Waals surface area (Å²) in [7, 11) is 1.47. The van der Waals surface area contributed by atoms with Gasteiger partial charge in [-0.2, -0.15) is 5.26 Å². The van der Waals surface area contributed by atoms with E-state index in [0.29, 0.717) is 52.0 Å². The van der Waals surface area contributed by atoms with Crippen LogP contribution in [0.25, 0.3) is 11.1 Å². The number of aromatic nitrogens is 1. The number of ether oxygens (including phenoxy) is 2. The lowest BCUT2D eigenvalue weighted by Gasteiger charge is -2.22. The summed E-state index contributed by atoms with van der Waals surface area (Å²) in [5.74, 6) is 0.403. The molecular formula is C32H34ClN3O5. The Labute approximate surface area is 244 Å². The molecule has 1 fully saturated rings. The number of nitriles is 1. The summed E-state index contributed by atoms with van der Waals surface area (Å²) in [6.07, 6.45) is 5.06. The fraction of sp³-hybridized carbons (Fsp3) is 0.375. The van der Waals surface area contributed by atoms with Crippen LogP contribution in [-0.2, 0) is 16.0 Å². The zero-order valence-electron chi connectivity index (χ0n) is 23.3. The van der Waals surface area contributed by atoms with E-state index in [4.69, 9.17) is 21.1 Å². The molecule has 0 radical (unpaired) electrons. The van der Waals surface area contributed by atoms with E-state index in [1.807, 2.05) is 6.92 Å². The first-order chi connectivity index (χ1) is 19.8.